The van der Waals surface area contributed by atoms with Gasteiger partial charge in [-0.25, -0.2) is 9.78 Å². The predicted octanol–water partition coefficient (Wildman–Crippen LogP) is 0.411. The number of carboxylic acid groups (broad SMARTS) is 1. The average molecular weight is 266 g/mol. The third-order valence-electron chi connectivity index (χ3n) is 3.21. The number of nitrogens with one attached hydrogen (secondary N) is 1. The van der Waals surface area contributed by atoms with Crippen molar-refractivity contribution >= 4 is 5.97 Å². The Morgan fingerprint density at radius 1 is 1.42 bits per heavy atom. The molecule has 0 amide bonds. The lowest BCUT2D eigenvalue weighted by molar-refractivity contribution is -0.0617. The molecule has 6 heteroatoms. The molecule has 104 valence electrons. The van der Waals surface area contributed by atoms with E-state index in [2.05, 4.69) is 10.3 Å². The Kier molecular flexibility index (Phi) is 4.47. The summed E-state index contributed by atoms with van der Waals surface area (Å²) in [5, 5.41) is 22.2. The fourth-order valence-electron chi connectivity index (χ4n) is 2.05. The van der Waals surface area contributed by atoms with Gasteiger partial charge in [-0.2, -0.15) is 0 Å². The molecule has 0 unspecified atom stereocenters. The van der Waals surface area contributed by atoms with E-state index in [-0.39, 0.29) is 5.69 Å². The van der Waals surface area contributed by atoms with Crippen molar-refractivity contribution in [3.05, 3.63) is 29.6 Å². The first kappa shape index (κ1) is 13.9. The summed E-state index contributed by atoms with van der Waals surface area (Å²) in [5.74, 6) is -1.04. The van der Waals surface area contributed by atoms with Crippen LogP contribution in [0, 0.1) is 0 Å². The van der Waals surface area contributed by atoms with Crippen LogP contribution in [0.25, 0.3) is 0 Å². The number of carboxylic acids is 1. The minimum Gasteiger partial charge on any atom is -0.477 e. The molecule has 1 saturated heterocycles. The Bertz CT molecular complexity index is 444. The zero-order chi connectivity index (χ0) is 13.7. The normalized spacial score (nSPS) is 18.2. The highest BCUT2D eigenvalue weighted by Crippen LogP contribution is 2.19. The Balaban J connectivity index is 1.85. The Labute approximate surface area is 111 Å². The molecule has 19 heavy (non-hydrogen) atoms. The number of ether oxygens (including phenoxy) is 1. The van der Waals surface area contributed by atoms with E-state index in [1.807, 2.05) is 0 Å². The van der Waals surface area contributed by atoms with E-state index < -0.39 is 11.6 Å². The standard InChI is InChI=1S/C13H18N2O4/c16-12(17)11-3-1-2-10(15-11)8-14-9-13(18)4-6-19-7-5-13/h1-3,14,18H,4-9H2,(H,16,17). The smallest absolute Gasteiger partial charge is 0.354 e. The van der Waals surface area contributed by atoms with Gasteiger partial charge in [-0.15, -0.1) is 0 Å². The quantitative estimate of drug-likeness (QED) is 0.715. The van der Waals surface area contributed by atoms with Crippen molar-refractivity contribution in [1.29, 1.82) is 0 Å². The van der Waals surface area contributed by atoms with Crippen LogP contribution in [-0.2, 0) is 11.3 Å². The first-order valence-electron chi connectivity index (χ1n) is 6.29. The third-order valence-corrected chi connectivity index (χ3v) is 3.21. The zero-order valence-electron chi connectivity index (χ0n) is 10.6. The van der Waals surface area contributed by atoms with Gasteiger partial charge in [0.05, 0.1) is 11.3 Å². The molecule has 2 heterocycles. The van der Waals surface area contributed by atoms with Crippen molar-refractivity contribution < 1.29 is 19.7 Å². The maximum absolute atomic E-state index is 10.8. The number of aliphatic hydroxyl groups is 1. The molecule has 1 fully saturated rings. The topological polar surface area (TPSA) is 91.7 Å². The molecule has 0 aromatic carbocycles. The summed E-state index contributed by atoms with van der Waals surface area (Å²) in [4.78, 5) is 14.8. The number of hydrogen-bond donors (Lipinski definition) is 3. The number of hydrogen-bond acceptors (Lipinski definition) is 5. The van der Waals surface area contributed by atoms with Crippen molar-refractivity contribution in [3.8, 4) is 0 Å². The highest BCUT2D eigenvalue weighted by molar-refractivity contribution is 5.85. The summed E-state index contributed by atoms with van der Waals surface area (Å²) < 4.78 is 5.21. The fourth-order valence-corrected chi connectivity index (χ4v) is 2.05. The number of aromatic nitrogens is 1. The number of carbonyl (C=O) groups is 1. The van der Waals surface area contributed by atoms with E-state index >= 15 is 0 Å². The van der Waals surface area contributed by atoms with E-state index in [1.54, 1.807) is 12.1 Å². The molecular weight excluding hydrogens is 248 g/mol. The fraction of sp³-hybridized carbons (Fsp3) is 0.538. The van der Waals surface area contributed by atoms with Crippen molar-refractivity contribution in [2.75, 3.05) is 19.8 Å². The minimum atomic E-state index is -1.04. The molecule has 0 atom stereocenters. The molecule has 3 N–H and O–H groups in total. The van der Waals surface area contributed by atoms with Gasteiger partial charge in [-0.1, -0.05) is 6.07 Å². The lowest BCUT2D eigenvalue weighted by atomic mass is 9.94. The third kappa shape index (κ3) is 3.99. The number of nitrogens with zero attached hydrogens (tertiary/aromatic N) is 1. The SMILES string of the molecule is O=C(O)c1cccc(CNCC2(O)CCOCC2)n1. The molecular formula is C13H18N2O4. The highest BCUT2D eigenvalue weighted by atomic mass is 16.5. The first-order valence-corrected chi connectivity index (χ1v) is 6.29. The monoisotopic (exact) mass is 266 g/mol. The molecule has 2 rings (SSSR count). The van der Waals surface area contributed by atoms with Gasteiger partial charge in [0.1, 0.15) is 5.69 Å². The zero-order valence-corrected chi connectivity index (χ0v) is 10.6. The lowest BCUT2D eigenvalue weighted by Crippen LogP contribution is -2.44. The molecule has 1 aliphatic rings. The second-order valence-corrected chi connectivity index (χ2v) is 4.76. The average Bonchev–Trinajstić information content (AvgIpc) is 2.39. The summed E-state index contributed by atoms with van der Waals surface area (Å²) in [6, 6.07) is 4.88. The van der Waals surface area contributed by atoms with E-state index in [1.165, 1.54) is 6.07 Å². The van der Waals surface area contributed by atoms with Gasteiger partial charge in [0.15, 0.2) is 0 Å². The van der Waals surface area contributed by atoms with Crippen molar-refractivity contribution in [2.24, 2.45) is 0 Å². The van der Waals surface area contributed by atoms with Crippen LogP contribution in [0.3, 0.4) is 0 Å². The van der Waals surface area contributed by atoms with Gasteiger partial charge in [-0.3, -0.25) is 0 Å². The number of aromatic carboxylic acids is 1. The second-order valence-electron chi connectivity index (χ2n) is 4.76. The summed E-state index contributed by atoms with van der Waals surface area (Å²) in [6.45, 7) is 2.04. The summed E-state index contributed by atoms with van der Waals surface area (Å²) >= 11 is 0. The van der Waals surface area contributed by atoms with E-state index in [4.69, 9.17) is 9.84 Å². The summed E-state index contributed by atoms with van der Waals surface area (Å²) in [7, 11) is 0. The molecule has 0 bridgehead atoms. The minimum absolute atomic E-state index is 0.0316. The van der Waals surface area contributed by atoms with Gasteiger partial charge in [0, 0.05) is 39.1 Å². The van der Waals surface area contributed by atoms with Gasteiger partial charge in [0.2, 0.25) is 0 Å². The van der Waals surface area contributed by atoms with Crippen LogP contribution in [0.2, 0.25) is 0 Å². The van der Waals surface area contributed by atoms with E-state index in [0.29, 0.717) is 44.8 Å². The molecule has 6 nitrogen and oxygen atoms in total. The highest BCUT2D eigenvalue weighted by Gasteiger charge is 2.29. The molecule has 0 saturated carbocycles. The van der Waals surface area contributed by atoms with Crippen molar-refractivity contribution in [1.82, 2.24) is 10.3 Å². The Hall–Kier alpha value is -1.50. The second kappa shape index (κ2) is 6.10. The summed E-state index contributed by atoms with van der Waals surface area (Å²) in [6.07, 6.45) is 1.23. The maximum atomic E-state index is 10.8. The molecule has 1 aromatic rings. The largest absolute Gasteiger partial charge is 0.477 e. The Morgan fingerprint density at radius 3 is 2.84 bits per heavy atom. The lowest BCUT2D eigenvalue weighted by Gasteiger charge is -2.32. The number of rotatable bonds is 5. The van der Waals surface area contributed by atoms with E-state index in [9.17, 15) is 9.90 Å². The van der Waals surface area contributed by atoms with Crippen LogP contribution in [-0.4, -0.2) is 46.5 Å². The van der Waals surface area contributed by atoms with Gasteiger partial charge >= 0.3 is 5.97 Å². The van der Waals surface area contributed by atoms with Crippen molar-refractivity contribution in [2.45, 2.75) is 25.0 Å². The van der Waals surface area contributed by atoms with Crippen LogP contribution in [0.15, 0.2) is 18.2 Å². The molecule has 0 spiro atoms. The van der Waals surface area contributed by atoms with Gasteiger partial charge in [0.25, 0.3) is 0 Å². The first-order chi connectivity index (χ1) is 9.09. The van der Waals surface area contributed by atoms with Crippen LogP contribution >= 0.6 is 0 Å². The molecule has 0 radical (unpaired) electrons. The molecule has 0 aliphatic carbocycles. The maximum Gasteiger partial charge on any atom is 0.354 e. The Morgan fingerprint density at radius 2 is 2.16 bits per heavy atom. The predicted molar refractivity (Wildman–Crippen MR) is 67.9 cm³/mol. The van der Waals surface area contributed by atoms with Crippen LogP contribution in [0.4, 0.5) is 0 Å². The van der Waals surface area contributed by atoms with Gasteiger partial charge < -0.3 is 20.3 Å². The van der Waals surface area contributed by atoms with Crippen LogP contribution < -0.4 is 5.32 Å². The molecule has 1 aromatic heterocycles. The van der Waals surface area contributed by atoms with Crippen LogP contribution in [0.5, 0.6) is 0 Å². The summed E-state index contributed by atoms with van der Waals surface area (Å²) in [5.41, 5.74) is -0.0533. The van der Waals surface area contributed by atoms with E-state index in [0.717, 1.165) is 0 Å². The van der Waals surface area contributed by atoms with Crippen molar-refractivity contribution in [3.63, 3.8) is 0 Å². The molecule has 1 aliphatic heterocycles. The van der Waals surface area contributed by atoms with Gasteiger partial charge in [-0.05, 0) is 12.1 Å². The number of pyridine rings is 1. The van der Waals surface area contributed by atoms with Crippen LogP contribution in [0.1, 0.15) is 29.0 Å².